The van der Waals surface area contributed by atoms with Crippen molar-refractivity contribution >= 4 is 29.2 Å². The first-order valence-corrected chi connectivity index (χ1v) is 10.9. The zero-order valence-corrected chi connectivity index (χ0v) is 17.5. The maximum Gasteiger partial charge on any atom is 0.309 e. The average Bonchev–Trinajstić information content (AvgIpc) is 3.46. The molecule has 0 saturated heterocycles. The molecule has 0 aliphatic heterocycles. The van der Waals surface area contributed by atoms with E-state index in [9.17, 15) is 14.0 Å². The quantitative estimate of drug-likeness (QED) is 0.562. The van der Waals surface area contributed by atoms with Crippen LogP contribution >= 0.6 is 11.6 Å². The summed E-state index contributed by atoms with van der Waals surface area (Å²) in [6.07, 6.45) is 5.88. The maximum absolute atomic E-state index is 14.4. The van der Waals surface area contributed by atoms with Gasteiger partial charge in [0.15, 0.2) is 0 Å². The molecule has 4 nitrogen and oxygen atoms in total. The topological polar surface area (TPSA) is 55.4 Å². The van der Waals surface area contributed by atoms with E-state index in [1.54, 1.807) is 24.3 Å². The normalized spacial score (nSPS) is 17.5. The molecule has 2 saturated carbocycles. The number of hydrogen-bond donors (Lipinski definition) is 1. The third kappa shape index (κ3) is 5.01. The molecule has 0 heterocycles. The molecule has 1 unspecified atom stereocenters. The molecule has 30 heavy (non-hydrogen) atoms. The zero-order chi connectivity index (χ0) is 21.1. The van der Waals surface area contributed by atoms with Crippen LogP contribution in [0.25, 0.3) is 0 Å². The number of carbonyl (C=O) groups excluding carboxylic acids is 2. The Bertz CT molecular complexity index is 921. The third-order valence-electron chi connectivity index (χ3n) is 5.96. The van der Waals surface area contributed by atoms with Crippen molar-refractivity contribution in [3.8, 4) is 0 Å². The van der Waals surface area contributed by atoms with E-state index in [-0.39, 0.29) is 41.9 Å². The van der Waals surface area contributed by atoms with Gasteiger partial charge in [-0.3, -0.25) is 9.59 Å². The Morgan fingerprint density at radius 3 is 2.43 bits per heavy atom. The molecule has 1 N–H and O–H groups in total. The number of amides is 1. The second kappa shape index (κ2) is 9.17. The monoisotopic (exact) mass is 429 g/mol. The molecule has 2 aromatic carbocycles. The molecular formula is C24H25ClFNO3. The van der Waals surface area contributed by atoms with Gasteiger partial charge in [-0.15, -0.1) is 0 Å². The Morgan fingerprint density at radius 2 is 1.77 bits per heavy atom. The molecule has 2 fully saturated rings. The smallest absolute Gasteiger partial charge is 0.309 e. The molecule has 6 heteroatoms. The highest BCUT2D eigenvalue weighted by molar-refractivity contribution is 6.30. The number of anilines is 1. The van der Waals surface area contributed by atoms with Crippen molar-refractivity contribution in [2.24, 2.45) is 11.8 Å². The van der Waals surface area contributed by atoms with E-state index >= 15 is 0 Å². The SMILES string of the molecule is O=C(OCc1ccc(F)c(NC(=O)C(c2ccc(Cl)cc2)C2CCCC2)c1)C1CC1. The van der Waals surface area contributed by atoms with Crippen LogP contribution in [-0.2, 0) is 20.9 Å². The molecule has 4 rings (SSSR count). The summed E-state index contributed by atoms with van der Waals surface area (Å²) in [7, 11) is 0. The summed E-state index contributed by atoms with van der Waals surface area (Å²) < 4.78 is 19.7. The number of hydrogen-bond acceptors (Lipinski definition) is 3. The first kappa shape index (κ1) is 20.9. The lowest BCUT2D eigenvalue weighted by Crippen LogP contribution is -2.27. The van der Waals surface area contributed by atoms with Crippen molar-refractivity contribution in [1.29, 1.82) is 0 Å². The predicted octanol–water partition coefficient (Wildman–Crippen LogP) is 5.84. The second-order valence-electron chi connectivity index (χ2n) is 8.26. The van der Waals surface area contributed by atoms with Gasteiger partial charge in [-0.25, -0.2) is 4.39 Å². The predicted molar refractivity (Wildman–Crippen MR) is 114 cm³/mol. The van der Waals surface area contributed by atoms with Crippen LogP contribution in [0, 0.1) is 17.7 Å². The van der Waals surface area contributed by atoms with Crippen molar-refractivity contribution in [3.05, 3.63) is 64.4 Å². The highest BCUT2D eigenvalue weighted by Crippen LogP contribution is 2.38. The van der Waals surface area contributed by atoms with Crippen LogP contribution in [0.15, 0.2) is 42.5 Å². The van der Waals surface area contributed by atoms with Crippen LogP contribution in [0.2, 0.25) is 5.02 Å². The van der Waals surface area contributed by atoms with E-state index < -0.39 is 5.82 Å². The van der Waals surface area contributed by atoms with Crippen molar-refractivity contribution in [1.82, 2.24) is 0 Å². The van der Waals surface area contributed by atoms with Gasteiger partial charge in [-0.2, -0.15) is 0 Å². The molecule has 158 valence electrons. The Morgan fingerprint density at radius 1 is 1.07 bits per heavy atom. The van der Waals surface area contributed by atoms with Crippen LogP contribution in [0.1, 0.15) is 55.6 Å². The number of carbonyl (C=O) groups is 2. The fraction of sp³-hybridized carbons (Fsp3) is 0.417. The molecule has 2 aliphatic carbocycles. The lowest BCUT2D eigenvalue weighted by atomic mass is 9.84. The summed E-state index contributed by atoms with van der Waals surface area (Å²) >= 11 is 6.01. The minimum absolute atomic E-state index is 0.0103. The van der Waals surface area contributed by atoms with Crippen molar-refractivity contribution in [3.63, 3.8) is 0 Å². The van der Waals surface area contributed by atoms with Crippen LogP contribution in [0.4, 0.5) is 10.1 Å². The standard InChI is InChI=1S/C24H25ClFNO3/c25-19-10-8-17(9-11-19)22(16-3-1-2-4-16)23(28)27-21-13-15(5-12-20(21)26)14-30-24(29)18-6-7-18/h5,8-13,16,18,22H,1-4,6-7,14H2,(H,27,28). The number of rotatable bonds is 7. The van der Waals surface area contributed by atoms with Crippen LogP contribution in [0.5, 0.6) is 0 Å². The average molecular weight is 430 g/mol. The Labute approximate surface area is 180 Å². The van der Waals surface area contributed by atoms with Gasteiger partial charge >= 0.3 is 5.97 Å². The first-order chi connectivity index (χ1) is 14.5. The highest BCUT2D eigenvalue weighted by atomic mass is 35.5. The van der Waals surface area contributed by atoms with Crippen LogP contribution in [0.3, 0.4) is 0 Å². The van der Waals surface area contributed by atoms with Gasteiger partial charge in [-0.05, 0) is 67.0 Å². The molecule has 2 aliphatic rings. The van der Waals surface area contributed by atoms with Crippen molar-refractivity contribution < 1.29 is 18.7 Å². The minimum atomic E-state index is -0.512. The summed E-state index contributed by atoms with van der Waals surface area (Å²) in [4.78, 5) is 25.0. The molecule has 1 amide bonds. The van der Waals surface area contributed by atoms with Crippen LogP contribution < -0.4 is 5.32 Å². The number of nitrogens with one attached hydrogen (secondary N) is 1. The molecule has 2 aromatic rings. The lowest BCUT2D eigenvalue weighted by molar-refractivity contribution is -0.146. The lowest BCUT2D eigenvalue weighted by Gasteiger charge is -2.23. The maximum atomic E-state index is 14.4. The Balaban J connectivity index is 1.50. The number of ether oxygens (including phenoxy) is 1. The molecule has 0 bridgehead atoms. The van der Waals surface area contributed by atoms with E-state index in [0.717, 1.165) is 44.1 Å². The molecule has 0 aromatic heterocycles. The molecule has 0 radical (unpaired) electrons. The van der Waals surface area contributed by atoms with Gasteiger partial charge in [0.25, 0.3) is 0 Å². The minimum Gasteiger partial charge on any atom is -0.461 e. The van der Waals surface area contributed by atoms with Gasteiger partial charge in [0.05, 0.1) is 17.5 Å². The van der Waals surface area contributed by atoms with Gasteiger partial charge < -0.3 is 10.1 Å². The number of esters is 1. The van der Waals surface area contributed by atoms with Gasteiger partial charge in [-0.1, -0.05) is 42.6 Å². The fourth-order valence-electron chi connectivity index (χ4n) is 4.16. The highest BCUT2D eigenvalue weighted by Gasteiger charge is 2.33. The molecule has 0 spiro atoms. The molecular weight excluding hydrogens is 405 g/mol. The molecule has 1 atom stereocenters. The summed E-state index contributed by atoms with van der Waals surface area (Å²) in [6.45, 7) is 0.0712. The van der Waals surface area contributed by atoms with E-state index in [1.165, 1.54) is 6.07 Å². The zero-order valence-electron chi connectivity index (χ0n) is 16.7. The van der Waals surface area contributed by atoms with Gasteiger partial charge in [0.2, 0.25) is 5.91 Å². The van der Waals surface area contributed by atoms with Crippen LogP contribution in [-0.4, -0.2) is 11.9 Å². The van der Waals surface area contributed by atoms with E-state index in [4.69, 9.17) is 16.3 Å². The van der Waals surface area contributed by atoms with Crippen molar-refractivity contribution in [2.45, 2.75) is 51.0 Å². The van der Waals surface area contributed by atoms with Crippen molar-refractivity contribution in [2.75, 3.05) is 5.32 Å². The van der Waals surface area contributed by atoms with E-state index in [1.807, 2.05) is 12.1 Å². The van der Waals surface area contributed by atoms with E-state index in [2.05, 4.69) is 5.32 Å². The van der Waals surface area contributed by atoms with E-state index in [0.29, 0.717) is 10.6 Å². The second-order valence-corrected chi connectivity index (χ2v) is 8.70. The largest absolute Gasteiger partial charge is 0.461 e. The summed E-state index contributed by atoms with van der Waals surface area (Å²) in [5.41, 5.74) is 1.64. The summed E-state index contributed by atoms with van der Waals surface area (Å²) in [5.74, 6) is -1.08. The summed E-state index contributed by atoms with van der Waals surface area (Å²) in [5, 5.41) is 3.39. The third-order valence-corrected chi connectivity index (χ3v) is 6.22. The van der Waals surface area contributed by atoms with Gasteiger partial charge in [0.1, 0.15) is 12.4 Å². The summed E-state index contributed by atoms with van der Waals surface area (Å²) in [6, 6.07) is 11.7. The first-order valence-electron chi connectivity index (χ1n) is 10.5. The fourth-order valence-corrected chi connectivity index (χ4v) is 4.28. The Hall–Kier alpha value is -2.40. The number of benzene rings is 2. The van der Waals surface area contributed by atoms with Gasteiger partial charge in [0, 0.05) is 5.02 Å². The number of halogens is 2. The Kier molecular flexibility index (Phi) is 6.38.